The molecule has 6 nitrogen and oxygen atoms in total. The Morgan fingerprint density at radius 1 is 0.895 bits per heavy atom. The smallest absolute Gasteiger partial charge is 0.248 e. The van der Waals surface area contributed by atoms with Crippen molar-refractivity contribution in [3.05, 3.63) is 113 Å². The van der Waals surface area contributed by atoms with Crippen LogP contribution in [0.1, 0.15) is 27.0 Å². The third-order valence-electron chi connectivity index (χ3n) is 7.21. The van der Waals surface area contributed by atoms with Crippen molar-refractivity contribution >= 4 is 34.1 Å². The number of amides is 1. The maximum Gasteiger partial charge on any atom is 0.248 e. The average Bonchev–Trinajstić information content (AvgIpc) is 2.94. The normalized spacial score (nSPS) is 13.3. The lowest BCUT2D eigenvalue weighted by atomic mass is 9.96. The molecule has 5 aromatic rings. The molecule has 1 amide bonds. The number of aromatic nitrogens is 2. The van der Waals surface area contributed by atoms with Gasteiger partial charge >= 0.3 is 0 Å². The lowest BCUT2D eigenvalue weighted by Crippen LogP contribution is -2.27. The van der Waals surface area contributed by atoms with Crippen LogP contribution in [-0.4, -0.2) is 34.4 Å². The monoisotopic (exact) mass is 499 g/mol. The predicted octanol–water partition coefficient (Wildman–Crippen LogP) is 6.16. The first-order chi connectivity index (χ1) is 18.5. The van der Waals surface area contributed by atoms with Gasteiger partial charge in [0.2, 0.25) is 11.9 Å². The quantitative estimate of drug-likeness (QED) is 0.313. The molecule has 4 aromatic carbocycles. The number of aryl methyl sites for hydroxylation is 1. The van der Waals surface area contributed by atoms with Gasteiger partial charge < -0.3 is 10.6 Å². The minimum absolute atomic E-state index is 0.454. The molecule has 0 saturated heterocycles. The molecule has 0 bridgehead atoms. The average molecular weight is 500 g/mol. The molecular formula is C32H29N5O. The Kier molecular flexibility index (Phi) is 6.10. The van der Waals surface area contributed by atoms with Gasteiger partial charge in [0.25, 0.3) is 0 Å². The van der Waals surface area contributed by atoms with E-state index in [0.717, 1.165) is 58.6 Å². The van der Waals surface area contributed by atoms with Gasteiger partial charge in [0.1, 0.15) is 0 Å². The zero-order valence-corrected chi connectivity index (χ0v) is 21.6. The van der Waals surface area contributed by atoms with Crippen molar-refractivity contribution < 1.29 is 4.79 Å². The van der Waals surface area contributed by atoms with Gasteiger partial charge in [0.05, 0.1) is 16.9 Å². The molecule has 6 rings (SSSR count). The molecule has 6 heteroatoms. The Morgan fingerprint density at radius 3 is 2.39 bits per heavy atom. The Balaban J connectivity index is 1.60. The van der Waals surface area contributed by atoms with Crippen LogP contribution in [0.3, 0.4) is 0 Å². The fourth-order valence-electron chi connectivity index (χ4n) is 5.22. The molecule has 0 atom stereocenters. The van der Waals surface area contributed by atoms with E-state index in [1.54, 1.807) is 12.1 Å². The molecule has 0 fully saturated rings. The molecule has 188 valence electrons. The second kappa shape index (κ2) is 9.72. The lowest BCUT2D eigenvalue weighted by molar-refractivity contribution is 0.100. The number of primary amides is 1. The van der Waals surface area contributed by atoms with Gasteiger partial charge in [0.15, 0.2) is 0 Å². The highest BCUT2D eigenvalue weighted by Crippen LogP contribution is 2.39. The number of rotatable bonds is 5. The molecule has 0 saturated carbocycles. The number of fused-ring (bicyclic) bond motifs is 2. The van der Waals surface area contributed by atoms with E-state index < -0.39 is 5.91 Å². The van der Waals surface area contributed by atoms with Crippen LogP contribution < -0.4 is 10.6 Å². The fraction of sp³-hybridized carbons (Fsp3) is 0.156. The van der Waals surface area contributed by atoms with Gasteiger partial charge in [-0.05, 0) is 73.5 Å². The number of nitrogens with two attached hydrogens (primary N) is 1. The van der Waals surface area contributed by atoms with Gasteiger partial charge in [0, 0.05) is 35.3 Å². The number of nitrogens with zero attached hydrogens (tertiary/aromatic N) is 4. The molecule has 0 spiro atoms. The maximum absolute atomic E-state index is 11.8. The SMILES string of the molecule is Cc1cc2c(cc1N(c1ccc(C(N)=O)cc1)c1nc(-c3ccccc3)c3ccccc3n1)CN(C)CC2. The molecule has 1 aliphatic heterocycles. The minimum atomic E-state index is -0.454. The number of carbonyl (C=O) groups is 1. The zero-order valence-electron chi connectivity index (χ0n) is 21.6. The van der Waals surface area contributed by atoms with Crippen LogP contribution in [0.5, 0.6) is 0 Å². The molecule has 38 heavy (non-hydrogen) atoms. The summed E-state index contributed by atoms with van der Waals surface area (Å²) in [4.78, 5) is 26.4. The predicted molar refractivity (Wildman–Crippen MR) is 153 cm³/mol. The van der Waals surface area contributed by atoms with Gasteiger partial charge in [-0.3, -0.25) is 9.69 Å². The number of carbonyl (C=O) groups excluding carboxylic acids is 1. The van der Waals surface area contributed by atoms with Crippen LogP contribution in [-0.2, 0) is 13.0 Å². The first kappa shape index (κ1) is 23.8. The summed E-state index contributed by atoms with van der Waals surface area (Å²) >= 11 is 0. The van der Waals surface area contributed by atoms with Gasteiger partial charge in [-0.2, -0.15) is 0 Å². The Labute approximate surface area is 222 Å². The van der Waals surface area contributed by atoms with Crippen molar-refractivity contribution in [2.24, 2.45) is 5.73 Å². The number of benzene rings is 4. The molecule has 1 aliphatic rings. The van der Waals surface area contributed by atoms with Crippen LogP contribution in [0.4, 0.5) is 17.3 Å². The van der Waals surface area contributed by atoms with Crippen molar-refractivity contribution in [2.75, 3.05) is 18.5 Å². The molecule has 2 heterocycles. The first-order valence-electron chi connectivity index (χ1n) is 12.8. The van der Waals surface area contributed by atoms with Gasteiger partial charge in [-0.1, -0.05) is 54.6 Å². The van der Waals surface area contributed by atoms with E-state index in [1.807, 2.05) is 48.5 Å². The molecule has 2 N–H and O–H groups in total. The second-order valence-corrected chi connectivity index (χ2v) is 9.90. The van der Waals surface area contributed by atoms with E-state index in [4.69, 9.17) is 15.7 Å². The topological polar surface area (TPSA) is 75.3 Å². The molecule has 0 unspecified atom stereocenters. The number of likely N-dealkylation sites (N-methyl/N-ethyl adjacent to an activating group) is 1. The van der Waals surface area contributed by atoms with Crippen molar-refractivity contribution in [3.8, 4) is 11.3 Å². The highest BCUT2D eigenvalue weighted by atomic mass is 16.1. The number of hydrogen-bond donors (Lipinski definition) is 1. The van der Waals surface area contributed by atoms with Crippen LogP contribution in [0, 0.1) is 6.92 Å². The maximum atomic E-state index is 11.8. The third kappa shape index (κ3) is 4.40. The summed E-state index contributed by atoms with van der Waals surface area (Å²) < 4.78 is 0. The van der Waals surface area contributed by atoms with Gasteiger partial charge in [-0.15, -0.1) is 0 Å². The van der Waals surface area contributed by atoms with E-state index in [1.165, 1.54) is 11.1 Å². The largest absolute Gasteiger partial charge is 0.366 e. The standard InChI is InChI=1S/C32H29N5O/c1-21-18-24-16-17-36(2)20-25(24)19-29(21)37(26-14-12-23(13-15-26)31(33)38)32-34-28-11-7-6-10-27(28)30(35-32)22-8-4-3-5-9-22/h3-15,18-19H,16-17,20H2,1-2H3,(H2,33,38). The van der Waals surface area contributed by atoms with E-state index in [-0.39, 0.29) is 0 Å². The number of anilines is 3. The molecule has 1 aromatic heterocycles. The van der Waals surface area contributed by atoms with Crippen LogP contribution in [0.15, 0.2) is 91.0 Å². The Bertz CT molecular complexity index is 1650. The molecule has 0 aliphatic carbocycles. The van der Waals surface area contributed by atoms with Crippen molar-refractivity contribution in [3.63, 3.8) is 0 Å². The van der Waals surface area contributed by atoms with E-state index in [2.05, 4.69) is 54.1 Å². The van der Waals surface area contributed by atoms with Gasteiger partial charge in [-0.25, -0.2) is 9.97 Å². The molecular weight excluding hydrogens is 470 g/mol. The highest BCUT2D eigenvalue weighted by Gasteiger charge is 2.23. The van der Waals surface area contributed by atoms with E-state index in [9.17, 15) is 4.79 Å². The van der Waals surface area contributed by atoms with Crippen molar-refractivity contribution in [2.45, 2.75) is 19.9 Å². The summed E-state index contributed by atoms with van der Waals surface area (Å²) in [7, 11) is 2.15. The third-order valence-corrected chi connectivity index (χ3v) is 7.21. The fourth-order valence-corrected chi connectivity index (χ4v) is 5.22. The Hall–Kier alpha value is -4.55. The summed E-state index contributed by atoms with van der Waals surface area (Å²) in [5.41, 5.74) is 14.5. The summed E-state index contributed by atoms with van der Waals surface area (Å²) in [5.74, 6) is 0.117. The summed E-state index contributed by atoms with van der Waals surface area (Å²) in [6.45, 7) is 4.08. The van der Waals surface area contributed by atoms with Crippen molar-refractivity contribution in [1.82, 2.24) is 14.9 Å². The highest BCUT2D eigenvalue weighted by molar-refractivity contribution is 5.95. The summed E-state index contributed by atoms with van der Waals surface area (Å²) in [5, 5.41) is 0.996. The number of para-hydroxylation sites is 1. The summed E-state index contributed by atoms with van der Waals surface area (Å²) in [6.07, 6.45) is 1.03. The lowest BCUT2D eigenvalue weighted by Gasteiger charge is -2.30. The molecule has 0 radical (unpaired) electrons. The van der Waals surface area contributed by atoms with E-state index >= 15 is 0 Å². The van der Waals surface area contributed by atoms with Crippen LogP contribution in [0.25, 0.3) is 22.2 Å². The first-order valence-corrected chi connectivity index (χ1v) is 12.8. The second-order valence-electron chi connectivity index (χ2n) is 9.90. The zero-order chi connectivity index (χ0) is 26.2. The van der Waals surface area contributed by atoms with Crippen LogP contribution >= 0.6 is 0 Å². The number of hydrogen-bond acceptors (Lipinski definition) is 5. The Morgan fingerprint density at radius 2 is 1.63 bits per heavy atom. The van der Waals surface area contributed by atoms with Crippen LogP contribution in [0.2, 0.25) is 0 Å². The summed E-state index contributed by atoms with van der Waals surface area (Å²) in [6, 6.07) is 30.2. The van der Waals surface area contributed by atoms with Crippen molar-refractivity contribution in [1.29, 1.82) is 0 Å². The minimum Gasteiger partial charge on any atom is -0.366 e. The van der Waals surface area contributed by atoms with E-state index in [0.29, 0.717) is 11.5 Å².